The molecule has 4 N–H and O–H groups in total. The van der Waals surface area contributed by atoms with Gasteiger partial charge in [-0.2, -0.15) is 18.3 Å². The van der Waals surface area contributed by atoms with Gasteiger partial charge in [0.15, 0.2) is 5.82 Å². The van der Waals surface area contributed by atoms with Gasteiger partial charge < -0.3 is 15.6 Å². The third-order valence-electron chi connectivity index (χ3n) is 5.99. The number of benzene rings is 1. The van der Waals surface area contributed by atoms with E-state index in [9.17, 15) is 44.7 Å². The average Bonchev–Trinajstić information content (AvgIpc) is 2.85. The summed E-state index contributed by atoms with van der Waals surface area (Å²) in [5.41, 5.74) is -0.383. The molecule has 3 aromatic heterocycles. The largest absolute Gasteiger partial charge is 0.423 e. The Balaban J connectivity index is 1.57. The minimum absolute atomic E-state index is 0.394. The highest BCUT2D eigenvalue weighted by molar-refractivity contribution is 5.86. The molecule has 3 heterocycles. The first-order valence-electron chi connectivity index (χ1n) is 11.7. The van der Waals surface area contributed by atoms with Crippen molar-refractivity contribution in [2.45, 2.75) is 44.7 Å². The maximum Gasteiger partial charge on any atom is 0.423 e. The van der Waals surface area contributed by atoms with Gasteiger partial charge >= 0.3 is 6.18 Å². The van der Waals surface area contributed by atoms with Crippen LogP contribution < -0.4 is 22.2 Å². The first kappa shape index (κ1) is 29.4. The van der Waals surface area contributed by atoms with Crippen LogP contribution in [0.3, 0.4) is 0 Å². The number of alkyl halides is 6. The number of nitrogens with two attached hydrogens (primary N) is 1. The highest BCUT2D eigenvalue weighted by atomic mass is 19.4. The lowest BCUT2D eigenvalue weighted by molar-refractivity contribution is -0.138. The fraction of sp³-hybridized carbons (Fsp3) is 0.292. The van der Waals surface area contributed by atoms with Crippen molar-refractivity contribution in [3.05, 3.63) is 74.2 Å². The van der Waals surface area contributed by atoms with Crippen LogP contribution in [-0.2, 0) is 12.7 Å². The van der Waals surface area contributed by atoms with Gasteiger partial charge in [0.25, 0.3) is 17.5 Å². The SMILES string of the molecule is C[C@H](C[C@@H](F)Cn1cc(F)c2cc(-c3ncc(C(F)F)c(N)n3)c(F)cc2c1=O)Nc1cn[nH]c(=O)c1C(F)(F)F. The van der Waals surface area contributed by atoms with Gasteiger partial charge in [-0.25, -0.2) is 37.0 Å². The topological polar surface area (TPSA) is 132 Å². The zero-order chi connectivity index (χ0) is 30.2. The Kier molecular flexibility index (Phi) is 7.98. The lowest BCUT2D eigenvalue weighted by Gasteiger charge is -2.20. The fourth-order valence-electron chi connectivity index (χ4n) is 4.16. The molecule has 1 aromatic carbocycles. The molecule has 17 heteroatoms. The van der Waals surface area contributed by atoms with E-state index in [-0.39, 0.29) is 0 Å². The zero-order valence-corrected chi connectivity index (χ0v) is 20.7. The quantitative estimate of drug-likeness (QED) is 0.256. The summed E-state index contributed by atoms with van der Waals surface area (Å²) in [7, 11) is 0. The molecule has 4 aromatic rings. The van der Waals surface area contributed by atoms with Crippen molar-refractivity contribution in [3.8, 4) is 11.4 Å². The van der Waals surface area contributed by atoms with Gasteiger partial charge in [-0.1, -0.05) is 0 Å². The van der Waals surface area contributed by atoms with E-state index in [0.29, 0.717) is 29.2 Å². The number of aromatic nitrogens is 5. The minimum Gasteiger partial charge on any atom is -0.383 e. The molecule has 0 radical (unpaired) electrons. The highest BCUT2D eigenvalue weighted by Crippen LogP contribution is 2.32. The summed E-state index contributed by atoms with van der Waals surface area (Å²) >= 11 is 0. The first-order valence-corrected chi connectivity index (χ1v) is 11.7. The molecule has 0 bridgehead atoms. The molecule has 0 unspecified atom stereocenters. The number of nitrogens with one attached hydrogen (secondary N) is 2. The lowest BCUT2D eigenvalue weighted by atomic mass is 10.1. The number of aromatic amines is 1. The van der Waals surface area contributed by atoms with Crippen LogP contribution in [0.15, 0.2) is 40.3 Å². The molecule has 2 atom stereocenters. The van der Waals surface area contributed by atoms with E-state index in [4.69, 9.17) is 5.73 Å². The third-order valence-corrected chi connectivity index (χ3v) is 5.99. The second-order valence-corrected chi connectivity index (χ2v) is 9.01. The van der Waals surface area contributed by atoms with E-state index in [0.717, 1.165) is 6.07 Å². The lowest BCUT2D eigenvalue weighted by Crippen LogP contribution is -2.30. The predicted molar refractivity (Wildman–Crippen MR) is 131 cm³/mol. The number of hydrogen-bond acceptors (Lipinski definition) is 7. The smallest absolute Gasteiger partial charge is 0.383 e. The number of rotatable bonds is 8. The number of fused-ring (bicyclic) bond motifs is 1. The Bertz CT molecular complexity index is 1720. The van der Waals surface area contributed by atoms with Gasteiger partial charge in [0.1, 0.15) is 29.2 Å². The Morgan fingerprint density at radius 2 is 1.78 bits per heavy atom. The van der Waals surface area contributed by atoms with Crippen LogP contribution in [0.1, 0.15) is 30.9 Å². The van der Waals surface area contributed by atoms with Crippen molar-refractivity contribution < 1.29 is 35.1 Å². The first-order chi connectivity index (χ1) is 19.2. The number of anilines is 2. The van der Waals surface area contributed by atoms with Crippen molar-refractivity contribution in [2.75, 3.05) is 11.1 Å². The molecule has 4 rings (SSSR count). The molecule has 0 aliphatic carbocycles. The van der Waals surface area contributed by atoms with Gasteiger partial charge in [-0.05, 0) is 19.1 Å². The number of hydrogen-bond donors (Lipinski definition) is 3. The van der Waals surface area contributed by atoms with Gasteiger partial charge in [0.05, 0.1) is 34.9 Å². The average molecular weight is 589 g/mol. The molecule has 0 saturated carbocycles. The van der Waals surface area contributed by atoms with Crippen molar-refractivity contribution in [1.82, 2.24) is 24.7 Å². The summed E-state index contributed by atoms with van der Waals surface area (Å²) in [5, 5.41) is 6.45. The summed E-state index contributed by atoms with van der Waals surface area (Å²) in [6, 6.07) is 0.540. The minimum atomic E-state index is -5.02. The number of pyridine rings is 1. The van der Waals surface area contributed by atoms with Crippen LogP contribution >= 0.6 is 0 Å². The maximum atomic E-state index is 15.0. The van der Waals surface area contributed by atoms with Crippen LogP contribution in [0.25, 0.3) is 22.2 Å². The van der Waals surface area contributed by atoms with Crippen molar-refractivity contribution in [2.24, 2.45) is 0 Å². The van der Waals surface area contributed by atoms with Crippen LogP contribution in [0.5, 0.6) is 0 Å². The van der Waals surface area contributed by atoms with E-state index >= 15 is 0 Å². The number of H-pyrrole nitrogens is 1. The van der Waals surface area contributed by atoms with Gasteiger partial charge in [0.2, 0.25) is 0 Å². The Morgan fingerprint density at radius 3 is 2.41 bits per heavy atom. The monoisotopic (exact) mass is 589 g/mol. The molecule has 0 aliphatic rings. The second-order valence-electron chi connectivity index (χ2n) is 9.01. The van der Waals surface area contributed by atoms with Gasteiger partial charge in [-0.3, -0.25) is 9.59 Å². The number of nitrogens with zero attached hydrogens (tertiary/aromatic N) is 4. The molecule has 9 nitrogen and oxygen atoms in total. The molecule has 41 heavy (non-hydrogen) atoms. The molecule has 0 aliphatic heterocycles. The summed E-state index contributed by atoms with van der Waals surface area (Å²) in [6.07, 6.45) is -8.32. The molecule has 0 amide bonds. The zero-order valence-electron chi connectivity index (χ0n) is 20.7. The number of halogens is 8. The normalized spacial score (nSPS) is 13.5. The number of nitrogen functional groups attached to an aromatic ring is 1. The van der Waals surface area contributed by atoms with Crippen LogP contribution in [0.2, 0.25) is 0 Å². The van der Waals surface area contributed by atoms with Crippen molar-refractivity contribution in [1.29, 1.82) is 0 Å². The summed E-state index contributed by atoms with van der Waals surface area (Å²) in [6.45, 7) is 0.576. The second kappa shape index (κ2) is 11.1. The predicted octanol–water partition coefficient (Wildman–Crippen LogP) is 4.59. The van der Waals surface area contributed by atoms with Crippen LogP contribution in [0.4, 0.5) is 46.6 Å². The van der Waals surface area contributed by atoms with Gasteiger partial charge in [0, 0.05) is 30.2 Å². The van der Waals surface area contributed by atoms with E-state index in [1.165, 1.54) is 6.92 Å². The van der Waals surface area contributed by atoms with Gasteiger partial charge in [-0.15, -0.1) is 0 Å². The Morgan fingerprint density at radius 1 is 1.07 bits per heavy atom. The van der Waals surface area contributed by atoms with E-state index in [2.05, 4.69) is 20.4 Å². The molecule has 0 fully saturated rings. The Hall–Kier alpha value is -4.57. The molecule has 218 valence electrons. The molecule has 0 spiro atoms. The summed E-state index contributed by atoms with van der Waals surface area (Å²) < 4.78 is 111. The van der Waals surface area contributed by atoms with E-state index in [1.54, 1.807) is 5.10 Å². The fourth-order valence-corrected chi connectivity index (χ4v) is 4.16. The van der Waals surface area contributed by atoms with Crippen LogP contribution in [-0.4, -0.2) is 36.9 Å². The van der Waals surface area contributed by atoms with Crippen LogP contribution in [0, 0.1) is 11.6 Å². The molecular formula is C24H19F8N7O2. The highest BCUT2D eigenvalue weighted by Gasteiger charge is 2.37. The van der Waals surface area contributed by atoms with Crippen molar-refractivity contribution >= 4 is 22.3 Å². The molecular weight excluding hydrogens is 570 g/mol. The third kappa shape index (κ3) is 6.12. The Labute approximate surface area is 224 Å². The van der Waals surface area contributed by atoms with Crippen molar-refractivity contribution in [3.63, 3.8) is 0 Å². The molecule has 0 saturated heterocycles. The summed E-state index contributed by atoms with van der Waals surface area (Å²) in [5.74, 6) is -3.24. The standard InChI is InChI=1S/C24H19F8N7O2/c1-9(36-17-6-35-38-22(40)18(17)24(30,31)32)2-10(25)7-39-8-16(27)11-3-13(15(26)4-12(11)23(39)41)21-34-5-14(19(28)29)20(33)37-21/h3-6,8-10,19H,2,7H2,1H3,(H2,33,34,37)(H2,36,38,40)/t9-,10-/m1/s1. The maximum absolute atomic E-state index is 15.0. The summed E-state index contributed by atoms with van der Waals surface area (Å²) in [4.78, 5) is 31.7. The van der Waals surface area contributed by atoms with E-state index < -0.39 is 105 Å². The van der Waals surface area contributed by atoms with E-state index in [1.807, 2.05) is 0 Å².